The standard InChI is InChI=1S/C43H26N4S/c1-2-11-27(12-3-1)41-44-42(46-43(45-41)31-21-22-35-34-18-7-9-20-39(34)48-40(35)26-31)30-15-10-16-32(23-30)47-37-19-8-6-17-33(37)36-24-28-13-4-5-14-29(28)25-38(36)47/h1-26H. The van der Waals surface area contributed by atoms with Gasteiger partial charge in [0.25, 0.3) is 0 Å². The van der Waals surface area contributed by atoms with Crippen LogP contribution in [-0.2, 0) is 0 Å². The van der Waals surface area contributed by atoms with Crippen LogP contribution in [0.25, 0.3) is 92.6 Å². The van der Waals surface area contributed by atoms with E-state index in [4.69, 9.17) is 15.0 Å². The summed E-state index contributed by atoms with van der Waals surface area (Å²) in [5.74, 6) is 1.95. The number of benzene rings is 7. The van der Waals surface area contributed by atoms with Crippen molar-refractivity contribution in [1.82, 2.24) is 19.5 Å². The Kier molecular flexibility index (Phi) is 6.01. The average Bonchev–Trinajstić information content (AvgIpc) is 3.69. The maximum Gasteiger partial charge on any atom is 0.164 e. The molecule has 3 aromatic heterocycles. The zero-order valence-electron chi connectivity index (χ0n) is 25.7. The van der Waals surface area contributed by atoms with E-state index in [0.717, 1.165) is 27.9 Å². The van der Waals surface area contributed by atoms with Crippen molar-refractivity contribution in [3.05, 3.63) is 158 Å². The van der Waals surface area contributed by atoms with Crippen molar-refractivity contribution < 1.29 is 0 Å². The summed E-state index contributed by atoms with van der Waals surface area (Å²) in [7, 11) is 0. The first-order valence-corrected chi connectivity index (χ1v) is 16.8. The zero-order chi connectivity index (χ0) is 31.6. The van der Waals surface area contributed by atoms with E-state index in [9.17, 15) is 0 Å². The third-order valence-corrected chi connectivity index (χ3v) is 10.3. The van der Waals surface area contributed by atoms with E-state index in [2.05, 4.69) is 144 Å². The summed E-state index contributed by atoms with van der Waals surface area (Å²) in [6.45, 7) is 0. The van der Waals surface area contributed by atoms with Crippen LogP contribution in [-0.4, -0.2) is 19.5 Å². The Hall–Kier alpha value is -6.17. The van der Waals surface area contributed by atoms with Gasteiger partial charge in [0.15, 0.2) is 17.5 Å². The molecule has 0 N–H and O–H groups in total. The highest BCUT2D eigenvalue weighted by molar-refractivity contribution is 7.25. The van der Waals surface area contributed by atoms with Crippen molar-refractivity contribution in [2.45, 2.75) is 0 Å². The molecule has 224 valence electrons. The Morgan fingerprint density at radius 1 is 0.375 bits per heavy atom. The highest BCUT2D eigenvalue weighted by atomic mass is 32.1. The molecule has 0 radical (unpaired) electrons. The molecule has 5 heteroatoms. The normalized spacial score (nSPS) is 11.8. The lowest BCUT2D eigenvalue weighted by Crippen LogP contribution is -2.01. The van der Waals surface area contributed by atoms with Gasteiger partial charge in [0.2, 0.25) is 0 Å². The van der Waals surface area contributed by atoms with Gasteiger partial charge < -0.3 is 4.57 Å². The molecule has 0 bridgehead atoms. The lowest BCUT2D eigenvalue weighted by Gasteiger charge is -2.12. The number of nitrogens with zero attached hydrogens (tertiary/aromatic N) is 4. The summed E-state index contributed by atoms with van der Waals surface area (Å²) in [6, 6.07) is 55.6. The molecule has 0 aliphatic rings. The van der Waals surface area contributed by atoms with Gasteiger partial charge in [-0.3, -0.25) is 0 Å². The van der Waals surface area contributed by atoms with E-state index in [1.165, 1.54) is 47.2 Å². The Bertz CT molecular complexity index is 2850. The second kappa shape index (κ2) is 10.7. The summed E-state index contributed by atoms with van der Waals surface area (Å²) in [4.78, 5) is 15.2. The summed E-state index contributed by atoms with van der Waals surface area (Å²) in [6.07, 6.45) is 0. The van der Waals surface area contributed by atoms with E-state index < -0.39 is 0 Å². The number of aromatic nitrogens is 4. The number of rotatable bonds is 4. The Morgan fingerprint density at radius 3 is 1.83 bits per heavy atom. The van der Waals surface area contributed by atoms with Gasteiger partial charge in [-0.1, -0.05) is 115 Å². The number of fused-ring (bicyclic) bond motifs is 7. The van der Waals surface area contributed by atoms with E-state index in [0.29, 0.717) is 17.5 Å². The van der Waals surface area contributed by atoms with Gasteiger partial charge in [0.1, 0.15) is 0 Å². The predicted octanol–water partition coefficient (Wildman–Crippen LogP) is 11.5. The van der Waals surface area contributed by atoms with Crippen LogP contribution >= 0.6 is 11.3 Å². The first-order valence-electron chi connectivity index (χ1n) is 16.0. The average molecular weight is 631 g/mol. The Balaban J connectivity index is 1.17. The molecule has 0 aliphatic carbocycles. The predicted molar refractivity (Wildman–Crippen MR) is 201 cm³/mol. The minimum Gasteiger partial charge on any atom is -0.309 e. The smallest absolute Gasteiger partial charge is 0.164 e. The third-order valence-electron chi connectivity index (χ3n) is 9.21. The molecule has 48 heavy (non-hydrogen) atoms. The lowest BCUT2D eigenvalue weighted by atomic mass is 10.1. The van der Waals surface area contributed by atoms with Crippen LogP contribution < -0.4 is 0 Å². The second-order valence-corrected chi connectivity index (χ2v) is 13.2. The molecule has 3 heterocycles. The first-order chi connectivity index (χ1) is 23.8. The molecule has 0 aliphatic heterocycles. The van der Waals surface area contributed by atoms with Crippen LogP contribution in [0.2, 0.25) is 0 Å². The van der Waals surface area contributed by atoms with Crippen LogP contribution in [0.3, 0.4) is 0 Å². The molecule has 0 atom stereocenters. The molecular weight excluding hydrogens is 605 g/mol. The molecule has 0 saturated carbocycles. The first kappa shape index (κ1) is 27.0. The molecule has 0 spiro atoms. The highest BCUT2D eigenvalue weighted by Gasteiger charge is 2.17. The topological polar surface area (TPSA) is 43.6 Å². The number of thiophene rings is 1. The highest BCUT2D eigenvalue weighted by Crippen LogP contribution is 2.38. The van der Waals surface area contributed by atoms with Crippen molar-refractivity contribution in [1.29, 1.82) is 0 Å². The molecule has 0 amide bonds. The number of hydrogen-bond donors (Lipinski definition) is 0. The fourth-order valence-corrected chi connectivity index (χ4v) is 8.08. The summed E-state index contributed by atoms with van der Waals surface area (Å²) >= 11 is 1.80. The monoisotopic (exact) mass is 630 g/mol. The minimum atomic E-state index is 0.642. The second-order valence-electron chi connectivity index (χ2n) is 12.1. The molecule has 0 saturated heterocycles. The lowest BCUT2D eigenvalue weighted by molar-refractivity contribution is 1.07. The number of hydrogen-bond acceptors (Lipinski definition) is 4. The SMILES string of the molecule is c1ccc(-c2nc(-c3cccc(-n4c5ccccc5c5cc6ccccc6cc54)c3)nc(-c3ccc4c(c3)sc3ccccc34)n2)cc1. The molecule has 7 aromatic carbocycles. The Morgan fingerprint density at radius 2 is 1.00 bits per heavy atom. The van der Waals surface area contributed by atoms with Gasteiger partial charge in [-0.2, -0.15) is 0 Å². The van der Waals surface area contributed by atoms with Crippen molar-refractivity contribution in [2.75, 3.05) is 0 Å². The van der Waals surface area contributed by atoms with Crippen LogP contribution in [0.15, 0.2) is 158 Å². The molecule has 0 unspecified atom stereocenters. The largest absolute Gasteiger partial charge is 0.309 e. The minimum absolute atomic E-state index is 0.642. The van der Waals surface area contributed by atoms with Crippen LogP contribution in [0.4, 0.5) is 0 Å². The van der Waals surface area contributed by atoms with Gasteiger partial charge in [-0.05, 0) is 53.2 Å². The summed E-state index contributed by atoms with van der Waals surface area (Å²) in [5, 5.41) is 7.45. The van der Waals surface area contributed by atoms with Gasteiger partial charge >= 0.3 is 0 Å². The van der Waals surface area contributed by atoms with Crippen molar-refractivity contribution in [3.63, 3.8) is 0 Å². The van der Waals surface area contributed by atoms with Crippen LogP contribution in [0, 0.1) is 0 Å². The molecule has 0 fully saturated rings. The zero-order valence-corrected chi connectivity index (χ0v) is 26.5. The molecule has 10 aromatic rings. The quantitative estimate of drug-likeness (QED) is 0.194. The van der Waals surface area contributed by atoms with Gasteiger partial charge in [0, 0.05) is 53.3 Å². The molecular formula is C43H26N4S. The van der Waals surface area contributed by atoms with E-state index >= 15 is 0 Å². The number of para-hydroxylation sites is 1. The summed E-state index contributed by atoms with van der Waals surface area (Å²) in [5.41, 5.74) is 6.26. The van der Waals surface area contributed by atoms with E-state index in [-0.39, 0.29) is 0 Å². The van der Waals surface area contributed by atoms with Crippen molar-refractivity contribution in [2.24, 2.45) is 0 Å². The van der Waals surface area contributed by atoms with Crippen molar-refractivity contribution >= 4 is 64.1 Å². The van der Waals surface area contributed by atoms with Crippen LogP contribution in [0.1, 0.15) is 0 Å². The van der Waals surface area contributed by atoms with Gasteiger partial charge in [0.05, 0.1) is 11.0 Å². The Labute approximate surface area is 280 Å². The fourth-order valence-electron chi connectivity index (χ4n) is 6.93. The molecule has 4 nitrogen and oxygen atoms in total. The fraction of sp³-hybridized carbons (Fsp3) is 0. The molecule has 10 rings (SSSR count). The van der Waals surface area contributed by atoms with E-state index in [1.54, 1.807) is 11.3 Å². The third kappa shape index (κ3) is 4.33. The van der Waals surface area contributed by atoms with Crippen molar-refractivity contribution in [3.8, 4) is 39.9 Å². The van der Waals surface area contributed by atoms with Gasteiger partial charge in [-0.25, -0.2) is 15.0 Å². The summed E-state index contributed by atoms with van der Waals surface area (Å²) < 4.78 is 4.86. The van der Waals surface area contributed by atoms with Gasteiger partial charge in [-0.15, -0.1) is 11.3 Å². The maximum atomic E-state index is 5.12. The van der Waals surface area contributed by atoms with Crippen LogP contribution in [0.5, 0.6) is 0 Å². The maximum absolute atomic E-state index is 5.12. The van der Waals surface area contributed by atoms with E-state index in [1.807, 2.05) is 18.2 Å².